The van der Waals surface area contributed by atoms with E-state index >= 15 is 0 Å². The Morgan fingerprint density at radius 1 is 1.09 bits per heavy atom. The standard InChI is InChI=1S/C17H20FNO3/c1-10(2)16-13(8-20)15(11-4-6-12(18)7-5-11)14(9-21)17(22)19(16)3/h4-7,10,20-21H,8-9H2,1-3H3. The highest BCUT2D eigenvalue weighted by Gasteiger charge is 2.22. The van der Waals surface area contributed by atoms with Crippen molar-refractivity contribution in [2.75, 3.05) is 0 Å². The van der Waals surface area contributed by atoms with Gasteiger partial charge in [-0.3, -0.25) is 4.79 Å². The Morgan fingerprint density at radius 3 is 2.09 bits per heavy atom. The lowest BCUT2D eigenvalue weighted by molar-refractivity contribution is 0.271. The third-order valence-electron chi connectivity index (χ3n) is 3.83. The molecule has 118 valence electrons. The third-order valence-corrected chi connectivity index (χ3v) is 3.83. The van der Waals surface area contributed by atoms with Crippen LogP contribution in [0.15, 0.2) is 29.1 Å². The first-order chi connectivity index (χ1) is 10.4. The summed E-state index contributed by atoms with van der Waals surface area (Å²) in [6.45, 7) is 3.16. The normalized spacial score (nSPS) is 11.2. The summed E-state index contributed by atoms with van der Waals surface area (Å²) in [6, 6.07) is 5.69. The van der Waals surface area contributed by atoms with Gasteiger partial charge >= 0.3 is 0 Å². The lowest BCUT2D eigenvalue weighted by Crippen LogP contribution is -2.28. The van der Waals surface area contributed by atoms with Gasteiger partial charge in [-0.05, 0) is 29.2 Å². The number of aromatic nitrogens is 1. The topological polar surface area (TPSA) is 62.5 Å². The maximum atomic E-state index is 13.2. The van der Waals surface area contributed by atoms with E-state index in [0.29, 0.717) is 22.4 Å². The van der Waals surface area contributed by atoms with E-state index in [1.165, 1.54) is 16.7 Å². The van der Waals surface area contributed by atoms with Gasteiger partial charge < -0.3 is 14.8 Å². The Labute approximate surface area is 128 Å². The molecule has 22 heavy (non-hydrogen) atoms. The monoisotopic (exact) mass is 305 g/mol. The lowest BCUT2D eigenvalue weighted by atomic mass is 9.91. The Kier molecular flexibility index (Phi) is 4.78. The smallest absolute Gasteiger partial charge is 0.256 e. The molecular weight excluding hydrogens is 285 g/mol. The fourth-order valence-electron chi connectivity index (χ4n) is 2.94. The molecule has 0 saturated carbocycles. The van der Waals surface area contributed by atoms with Gasteiger partial charge in [-0.1, -0.05) is 26.0 Å². The molecule has 0 aliphatic rings. The number of aliphatic hydroxyl groups excluding tert-OH is 2. The molecule has 0 saturated heterocycles. The minimum atomic E-state index is -0.440. The van der Waals surface area contributed by atoms with Crippen molar-refractivity contribution in [2.24, 2.45) is 7.05 Å². The van der Waals surface area contributed by atoms with Gasteiger partial charge in [-0.15, -0.1) is 0 Å². The van der Waals surface area contributed by atoms with Crippen molar-refractivity contribution < 1.29 is 14.6 Å². The number of benzene rings is 1. The van der Waals surface area contributed by atoms with Crippen LogP contribution in [0, 0.1) is 5.82 Å². The van der Waals surface area contributed by atoms with Crippen LogP contribution >= 0.6 is 0 Å². The molecule has 1 aromatic carbocycles. The Morgan fingerprint density at radius 2 is 1.64 bits per heavy atom. The van der Waals surface area contributed by atoms with E-state index in [9.17, 15) is 19.4 Å². The van der Waals surface area contributed by atoms with Gasteiger partial charge in [0.25, 0.3) is 5.56 Å². The minimum Gasteiger partial charge on any atom is -0.392 e. The predicted molar refractivity (Wildman–Crippen MR) is 83.0 cm³/mol. The van der Waals surface area contributed by atoms with Crippen LogP contribution in [-0.4, -0.2) is 14.8 Å². The molecule has 1 aromatic heterocycles. The molecule has 0 bridgehead atoms. The molecule has 5 heteroatoms. The van der Waals surface area contributed by atoms with Gasteiger partial charge in [0.2, 0.25) is 0 Å². The van der Waals surface area contributed by atoms with Gasteiger partial charge in [-0.2, -0.15) is 0 Å². The quantitative estimate of drug-likeness (QED) is 0.911. The van der Waals surface area contributed by atoms with Crippen LogP contribution in [0.5, 0.6) is 0 Å². The van der Waals surface area contributed by atoms with Crippen molar-refractivity contribution in [3.8, 4) is 11.1 Å². The molecule has 0 radical (unpaired) electrons. The molecule has 0 aliphatic carbocycles. The van der Waals surface area contributed by atoms with Crippen LogP contribution < -0.4 is 5.56 Å². The number of aliphatic hydroxyl groups is 2. The van der Waals surface area contributed by atoms with Crippen molar-refractivity contribution in [3.63, 3.8) is 0 Å². The van der Waals surface area contributed by atoms with Crippen LogP contribution in [0.1, 0.15) is 36.6 Å². The molecule has 2 rings (SSSR count). The number of hydrogen-bond donors (Lipinski definition) is 2. The predicted octanol–water partition coefficient (Wildman–Crippen LogP) is 2.30. The minimum absolute atomic E-state index is 0.0202. The first kappa shape index (κ1) is 16.4. The summed E-state index contributed by atoms with van der Waals surface area (Å²) < 4.78 is 14.6. The summed E-state index contributed by atoms with van der Waals surface area (Å²) in [5.74, 6) is -0.362. The molecule has 4 nitrogen and oxygen atoms in total. The van der Waals surface area contributed by atoms with Gasteiger partial charge in [0, 0.05) is 18.3 Å². The molecule has 0 aliphatic heterocycles. The number of rotatable bonds is 4. The van der Waals surface area contributed by atoms with Gasteiger partial charge in [-0.25, -0.2) is 4.39 Å². The molecule has 0 unspecified atom stereocenters. The second-order valence-corrected chi connectivity index (χ2v) is 5.56. The van der Waals surface area contributed by atoms with Gasteiger partial charge in [0.1, 0.15) is 5.82 Å². The van der Waals surface area contributed by atoms with E-state index in [2.05, 4.69) is 0 Å². The van der Waals surface area contributed by atoms with Crippen LogP contribution in [0.2, 0.25) is 0 Å². The highest BCUT2D eigenvalue weighted by molar-refractivity contribution is 5.71. The zero-order chi connectivity index (χ0) is 16.4. The summed E-state index contributed by atoms with van der Waals surface area (Å²) >= 11 is 0. The second kappa shape index (κ2) is 6.42. The van der Waals surface area contributed by atoms with Crippen LogP contribution in [-0.2, 0) is 20.3 Å². The van der Waals surface area contributed by atoms with Gasteiger partial charge in [0.15, 0.2) is 0 Å². The maximum absolute atomic E-state index is 13.2. The molecule has 2 aromatic rings. The Bertz CT molecular complexity index is 733. The number of nitrogens with zero attached hydrogens (tertiary/aromatic N) is 1. The number of halogens is 1. The lowest BCUT2D eigenvalue weighted by Gasteiger charge is -2.22. The number of pyridine rings is 1. The summed E-state index contributed by atoms with van der Waals surface area (Å²) in [4.78, 5) is 12.5. The van der Waals surface area contributed by atoms with Crippen molar-refractivity contribution in [2.45, 2.75) is 33.0 Å². The zero-order valence-electron chi connectivity index (χ0n) is 12.9. The van der Waals surface area contributed by atoms with E-state index in [1.807, 2.05) is 13.8 Å². The average molecular weight is 305 g/mol. The Balaban J connectivity index is 2.91. The molecule has 0 spiro atoms. The first-order valence-electron chi connectivity index (χ1n) is 7.14. The largest absolute Gasteiger partial charge is 0.392 e. The maximum Gasteiger partial charge on any atom is 0.256 e. The van der Waals surface area contributed by atoms with Gasteiger partial charge in [0.05, 0.1) is 18.8 Å². The highest BCUT2D eigenvalue weighted by Crippen LogP contribution is 2.31. The number of hydrogen-bond acceptors (Lipinski definition) is 3. The summed E-state index contributed by atoms with van der Waals surface area (Å²) in [5, 5.41) is 19.4. The van der Waals surface area contributed by atoms with E-state index in [4.69, 9.17) is 0 Å². The van der Waals surface area contributed by atoms with Crippen LogP contribution in [0.25, 0.3) is 11.1 Å². The first-order valence-corrected chi connectivity index (χ1v) is 7.14. The molecule has 1 heterocycles. The fourth-order valence-corrected chi connectivity index (χ4v) is 2.94. The van der Waals surface area contributed by atoms with E-state index in [1.54, 1.807) is 19.2 Å². The SMILES string of the molecule is CC(C)c1c(CO)c(-c2ccc(F)cc2)c(CO)c(=O)n1C. The van der Waals surface area contributed by atoms with Crippen LogP contribution in [0.4, 0.5) is 4.39 Å². The summed E-state index contributed by atoms with van der Waals surface area (Å²) in [7, 11) is 1.63. The fraction of sp³-hybridized carbons (Fsp3) is 0.353. The van der Waals surface area contributed by atoms with Crippen molar-refractivity contribution in [1.29, 1.82) is 0 Å². The van der Waals surface area contributed by atoms with E-state index in [0.717, 1.165) is 0 Å². The molecule has 0 atom stereocenters. The summed E-state index contributed by atoms with van der Waals surface area (Å²) in [5.41, 5.74) is 2.31. The van der Waals surface area contributed by atoms with Crippen LogP contribution in [0.3, 0.4) is 0 Å². The zero-order valence-corrected chi connectivity index (χ0v) is 12.9. The van der Waals surface area contributed by atoms with Crippen molar-refractivity contribution >= 4 is 0 Å². The van der Waals surface area contributed by atoms with Crippen molar-refractivity contribution in [1.82, 2.24) is 4.57 Å². The van der Waals surface area contributed by atoms with E-state index in [-0.39, 0.29) is 29.5 Å². The third kappa shape index (κ3) is 2.69. The molecule has 0 fully saturated rings. The molecule has 2 N–H and O–H groups in total. The van der Waals surface area contributed by atoms with Crippen molar-refractivity contribution in [3.05, 3.63) is 57.3 Å². The molecular formula is C17H20FNO3. The molecule has 0 amide bonds. The summed E-state index contributed by atoms with van der Waals surface area (Å²) in [6.07, 6.45) is 0. The Hall–Kier alpha value is -1.98. The highest BCUT2D eigenvalue weighted by atomic mass is 19.1. The van der Waals surface area contributed by atoms with E-state index < -0.39 is 6.61 Å². The second-order valence-electron chi connectivity index (χ2n) is 5.56. The average Bonchev–Trinajstić information content (AvgIpc) is 2.49.